The number of carbonyl (C=O) groups is 1. The van der Waals surface area contributed by atoms with Crippen LogP contribution in [0.15, 0.2) is 46.9 Å². The summed E-state index contributed by atoms with van der Waals surface area (Å²) in [5.41, 5.74) is 1.21. The van der Waals surface area contributed by atoms with Gasteiger partial charge in [-0.05, 0) is 69.4 Å². The van der Waals surface area contributed by atoms with Gasteiger partial charge in [-0.15, -0.1) is 0 Å². The SMILES string of the molecule is CN1CCC(NC(=O)c2nc3ccc(OC4CCN(c5ccc(C(F)(F)F)cc5)CC4)cc3o2)CC1. The zero-order valence-electron chi connectivity index (χ0n) is 20.1. The molecule has 0 atom stereocenters. The molecule has 3 heterocycles. The number of anilines is 1. The zero-order valence-corrected chi connectivity index (χ0v) is 20.1. The van der Waals surface area contributed by atoms with Gasteiger partial charge in [-0.2, -0.15) is 13.2 Å². The highest BCUT2D eigenvalue weighted by molar-refractivity contribution is 5.92. The van der Waals surface area contributed by atoms with Crippen LogP contribution in [-0.2, 0) is 6.18 Å². The number of nitrogens with one attached hydrogen (secondary N) is 1. The van der Waals surface area contributed by atoms with Crippen molar-refractivity contribution in [3.05, 3.63) is 53.9 Å². The second-order valence-electron chi connectivity index (χ2n) is 9.55. The molecule has 1 amide bonds. The maximum absolute atomic E-state index is 12.8. The molecule has 0 spiro atoms. The number of fused-ring (bicyclic) bond motifs is 1. The molecule has 1 aromatic heterocycles. The van der Waals surface area contributed by atoms with E-state index in [4.69, 9.17) is 9.15 Å². The fourth-order valence-electron chi connectivity index (χ4n) is 4.76. The van der Waals surface area contributed by atoms with Gasteiger partial charge >= 0.3 is 12.1 Å². The molecular weight excluding hydrogens is 473 g/mol. The van der Waals surface area contributed by atoms with Gasteiger partial charge in [-0.3, -0.25) is 4.79 Å². The molecule has 0 unspecified atom stereocenters. The average molecular weight is 503 g/mol. The van der Waals surface area contributed by atoms with Gasteiger partial charge in [0.2, 0.25) is 0 Å². The molecule has 2 aliphatic heterocycles. The number of hydrogen-bond donors (Lipinski definition) is 1. The van der Waals surface area contributed by atoms with E-state index in [0.29, 0.717) is 29.9 Å². The number of benzene rings is 2. The number of aromatic nitrogens is 1. The number of alkyl halides is 3. The van der Waals surface area contributed by atoms with Crippen molar-refractivity contribution in [3.63, 3.8) is 0 Å². The molecule has 2 aromatic carbocycles. The Labute approximate surface area is 207 Å². The van der Waals surface area contributed by atoms with E-state index in [1.165, 1.54) is 12.1 Å². The molecule has 0 radical (unpaired) electrons. The van der Waals surface area contributed by atoms with Crippen molar-refractivity contribution >= 4 is 22.7 Å². The van der Waals surface area contributed by atoms with Crippen molar-refractivity contribution in [2.24, 2.45) is 0 Å². The van der Waals surface area contributed by atoms with Crippen LogP contribution < -0.4 is 15.0 Å². The first-order valence-corrected chi connectivity index (χ1v) is 12.2. The Morgan fingerprint density at radius 3 is 2.39 bits per heavy atom. The molecular formula is C26H29F3N4O3. The fourth-order valence-corrected chi connectivity index (χ4v) is 4.76. The van der Waals surface area contributed by atoms with E-state index in [9.17, 15) is 18.0 Å². The fraction of sp³-hybridized carbons (Fsp3) is 0.462. The summed E-state index contributed by atoms with van der Waals surface area (Å²) in [6, 6.07) is 10.7. The standard InChI is InChI=1S/C26H29F3N4O3/c1-32-12-8-18(9-13-32)30-24(34)25-31-22-7-6-21(16-23(22)36-25)35-20-10-14-33(15-11-20)19-4-2-17(3-5-19)26(27,28)29/h2-7,16,18,20H,8-15H2,1H3,(H,30,34). The third-order valence-corrected chi connectivity index (χ3v) is 6.91. The van der Waals surface area contributed by atoms with Crippen LogP contribution in [0.25, 0.3) is 11.1 Å². The minimum absolute atomic E-state index is 0.0247. The highest BCUT2D eigenvalue weighted by Gasteiger charge is 2.30. The number of ether oxygens (including phenoxy) is 1. The predicted molar refractivity (Wildman–Crippen MR) is 129 cm³/mol. The predicted octanol–water partition coefficient (Wildman–Crippen LogP) is 4.72. The van der Waals surface area contributed by atoms with Crippen molar-refractivity contribution < 1.29 is 27.1 Å². The van der Waals surface area contributed by atoms with Gasteiger partial charge in [0.15, 0.2) is 5.58 Å². The van der Waals surface area contributed by atoms with E-state index in [1.54, 1.807) is 12.1 Å². The Morgan fingerprint density at radius 2 is 1.72 bits per heavy atom. The van der Waals surface area contributed by atoms with E-state index in [1.807, 2.05) is 6.07 Å². The van der Waals surface area contributed by atoms with E-state index in [-0.39, 0.29) is 23.9 Å². The number of hydrogen-bond acceptors (Lipinski definition) is 6. The highest BCUT2D eigenvalue weighted by Crippen LogP contribution is 2.31. The lowest BCUT2D eigenvalue weighted by Gasteiger charge is -2.33. The molecule has 7 nitrogen and oxygen atoms in total. The molecule has 2 saturated heterocycles. The molecule has 5 rings (SSSR count). The summed E-state index contributed by atoms with van der Waals surface area (Å²) < 4.78 is 50.3. The first-order valence-electron chi connectivity index (χ1n) is 12.2. The largest absolute Gasteiger partial charge is 0.490 e. The molecule has 36 heavy (non-hydrogen) atoms. The lowest BCUT2D eigenvalue weighted by molar-refractivity contribution is -0.137. The quantitative estimate of drug-likeness (QED) is 0.545. The van der Waals surface area contributed by atoms with Crippen molar-refractivity contribution in [3.8, 4) is 5.75 Å². The summed E-state index contributed by atoms with van der Waals surface area (Å²) in [6.45, 7) is 3.26. The Bertz CT molecular complexity index is 1200. The molecule has 192 valence electrons. The van der Waals surface area contributed by atoms with Crippen molar-refractivity contribution in [1.29, 1.82) is 0 Å². The first-order chi connectivity index (χ1) is 17.2. The summed E-state index contributed by atoms with van der Waals surface area (Å²) in [7, 11) is 2.07. The highest BCUT2D eigenvalue weighted by atomic mass is 19.4. The molecule has 2 fully saturated rings. The monoisotopic (exact) mass is 502 g/mol. The van der Waals surface area contributed by atoms with Gasteiger partial charge in [-0.25, -0.2) is 4.98 Å². The number of amides is 1. The third-order valence-electron chi connectivity index (χ3n) is 6.91. The number of halogens is 3. The molecule has 0 saturated carbocycles. The van der Waals surface area contributed by atoms with Gasteiger partial charge in [-0.1, -0.05) is 0 Å². The maximum Gasteiger partial charge on any atom is 0.416 e. The van der Waals surface area contributed by atoms with E-state index >= 15 is 0 Å². The topological polar surface area (TPSA) is 70.8 Å². The second kappa shape index (κ2) is 10.0. The minimum Gasteiger partial charge on any atom is -0.490 e. The molecule has 10 heteroatoms. The van der Waals surface area contributed by atoms with Crippen LogP contribution in [0.2, 0.25) is 0 Å². The summed E-state index contributed by atoms with van der Waals surface area (Å²) >= 11 is 0. The summed E-state index contributed by atoms with van der Waals surface area (Å²) in [5, 5.41) is 3.01. The van der Waals surface area contributed by atoms with Crippen molar-refractivity contribution in [2.75, 3.05) is 38.1 Å². The number of likely N-dealkylation sites (tertiary alicyclic amines) is 1. The van der Waals surface area contributed by atoms with Gasteiger partial charge < -0.3 is 24.3 Å². The van der Waals surface area contributed by atoms with Gasteiger partial charge in [0.25, 0.3) is 5.89 Å². The lowest BCUT2D eigenvalue weighted by Crippen LogP contribution is -2.43. The van der Waals surface area contributed by atoms with Gasteiger partial charge in [0.05, 0.1) is 5.56 Å². The maximum atomic E-state index is 12.8. The Kier molecular flexibility index (Phi) is 6.79. The zero-order chi connectivity index (χ0) is 25.3. The molecule has 2 aliphatic rings. The van der Waals surface area contributed by atoms with Crippen LogP contribution in [0.1, 0.15) is 41.9 Å². The number of carbonyl (C=O) groups excluding carboxylic acids is 1. The van der Waals surface area contributed by atoms with E-state index < -0.39 is 11.7 Å². The van der Waals surface area contributed by atoms with Gasteiger partial charge in [0.1, 0.15) is 17.4 Å². The van der Waals surface area contributed by atoms with Crippen LogP contribution in [-0.4, -0.2) is 61.2 Å². The van der Waals surface area contributed by atoms with Gasteiger partial charge in [0, 0.05) is 43.7 Å². The average Bonchev–Trinajstić information content (AvgIpc) is 3.29. The van der Waals surface area contributed by atoms with Crippen LogP contribution >= 0.6 is 0 Å². The lowest BCUT2D eigenvalue weighted by atomic mass is 10.1. The smallest absolute Gasteiger partial charge is 0.416 e. The van der Waals surface area contributed by atoms with E-state index in [0.717, 1.165) is 56.6 Å². The summed E-state index contributed by atoms with van der Waals surface area (Å²) in [5.74, 6) is 0.374. The third kappa shape index (κ3) is 5.59. The number of nitrogens with zero attached hydrogens (tertiary/aromatic N) is 3. The van der Waals surface area contributed by atoms with Crippen LogP contribution in [0.3, 0.4) is 0 Å². The molecule has 0 aliphatic carbocycles. The molecule has 0 bridgehead atoms. The minimum atomic E-state index is -4.33. The Balaban J connectivity index is 1.16. The van der Waals surface area contributed by atoms with E-state index in [2.05, 4.69) is 27.1 Å². The van der Waals surface area contributed by atoms with Crippen molar-refractivity contribution in [2.45, 2.75) is 44.0 Å². The molecule has 3 aromatic rings. The normalized spacial score (nSPS) is 18.5. The Hall–Kier alpha value is -3.27. The number of piperidine rings is 2. The second-order valence-corrected chi connectivity index (χ2v) is 9.55. The molecule has 1 N–H and O–H groups in total. The summed E-state index contributed by atoms with van der Waals surface area (Å²) in [6.07, 6.45) is -1.08. The number of oxazole rings is 1. The van der Waals surface area contributed by atoms with Crippen LogP contribution in [0.5, 0.6) is 5.75 Å². The Morgan fingerprint density at radius 1 is 1.03 bits per heavy atom. The number of rotatable bonds is 5. The van der Waals surface area contributed by atoms with Crippen LogP contribution in [0, 0.1) is 0 Å². The summed E-state index contributed by atoms with van der Waals surface area (Å²) in [4.78, 5) is 21.2. The van der Waals surface area contributed by atoms with Crippen molar-refractivity contribution in [1.82, 2.24) is 15.2 Å². The first kappa shape index (κ1) is 24.4. The van der Waals surface area contributed by atoms with Crippen LogP contribution in [0.4, 0.5) is 18.9 Å².